The van der Waals surface area contributed by atoms with Crippen molar-refractivity contribution in [3.05, 3.63) is 52.7 Å². The van der Waals surface area contributed by atoms with Gasteiger partial charge >= 0.3 is 0 Å². The van der Waals surface area contributed by atoms with E-state index in [0.29, 0.717) is 30.0 Å². The molecule has 0 spiro atoms. The summed E-state index contributed by atoms with van der Waals surface area (Å²) < 4.78 is 5.31. The predicted molar refractivity (Wildman–Crippen MR) is 100 cm³/mol. The van der Waals surface area contributed by atoms with Crippen LogP contribution in [0.3, 0.4) is 0 Å². The Kier molecular flexibility index (Phi) is 4.82. The number of nitrogens with two attached hydrogens (primary N) is 1. The van der Waals surface area contributed by atoms with Gasteiger partial charge in [0.05, 0.1) is 30.5 Å². The summed E-state index contributed by atoms with van der Waals surface area (Å²) in [4.78, 5) is 13.6. The lowest BCUT2D eigenvalue weighted by Crippen LogP contribution is -2.48. The number of carbonyl (C=O) groups is 1. The Morgan fingerprint density at radius 2 is 2.04 bits per heavy atom. The average molecular weight is 373 g/mol. The minimum Gasteiger partial charge on any atom is -0.497 e. The van der Waals surface area contributed by atoms with Crippen molar-refractivity contribution in [3.8, 4) is 24.0 Å². The standard InChI is InChI=1S/C21H19N5O2/c1-13(27)26-7-6-16-17(9-22)20(25)21(11-23,12-24)19(18(16)10-26)14-4-3-5-15(8-14)28-2/h3-6,8,18-19H,7,10,25H2,1-2H3/t18-,19+/m0/s1. The molecule has 1 heterocycles. The second-order valence-corrected chi connectivity index (χ2v) is 6.88. The van der Waals surface area contributed by atoms with Crippen LogP contribution in [-0.2, 0) is 4.79 Å². The zero-order chi connectivity index (χ0) is 20.5. The van der Waals surface area contributed by atoms with Gasteiger partial charge in [-0.3, -0.25) is 4.79 Å². The molecule has 1 aliphatic carbocycles. The van der Waals surface area contributed by atoms with E-state index in [4.69, 9.17) is 10.5 Å². The third-order valence-corrected chi connectivity index (χ3v) is 5.56. The molecule has 1 aromatic rings. The molecule has 0 saturated carbocycles. The molecule has 0 bridgehead atoms. The first kappa shape index (κ1) is 19.0. The maximum Gasteiger partial charge on any atom is 0.219 e. The van der Waals surface area contributed by atoms with Crippen LogP contribution in [0.5, 0.6) is 5.75 Å². The monoisotopic (exact) mass is 373 g/mol. The summed E-state index contributed by atoms with van der Waals surface area (Å²) >= 11 is 0. The molecule has 0 radical (unpaired) electrons. The van der Waals surface area contributed by atoms with E-state index in [1.165, 1.54) is 14.0 Å². The molecule has 0 unspecified atom stereocenters. The van der Waals surface area contributed by atoms with Gasteiger partial charge < -0.3 is 15.4 Å². The van der Waals surface area contributed by atoms with Crippen LogP contribution in [0.4, 0.5) is 0 Å². The van der Waals surface area contributed by atoms with Crippen molar-refractivity contribution in [3.63, 3.8) is 0 Å². The fourth-order valence-corrected chi connectivity index (χ4v) is 4.15. The van der Waals surface area contributed by atoms with Gasteiger partial charge in [0.1, 0.15) is 11.8 Å². The number of nitriles is 3. The highest BCUT2D eigenvalue weighted by molar-refractivity contribution is 5.74. The van der Waals surface area contributed by atoms with E-state index in [0.717, 1.165) is 0 Å². The zero-order valence-corrected chi connectivity index (χ0v) is 15.6. The maximum absolute atomic E-state index is 12.0. The van der Waals surface area contributed by atoms with Gasteiger partial charge in [0, 0.05) is 31.8 Å². The van der Waals surface area contributed by atoms with Crippen molar-refractivity contribution in [1.82, 2.24) is 4.90 Å². The molecule has 2 atom stereocenters. The second kappa shape index (κ2) is 7.10. The number of ether oxygens (including phenoxy) is 1. The molecule has 1 amide bonds. The summed E-state index contributed by atoms with van der Waals surface area (Å²) in [5.74, 6) is -0.588. The molecular formula is C21H19N5O2. The third kappa shape index (κ3) is 2.68. The van der Waals surface area contributed by atoms with E-state index in [9.17, 15) is 20.6 Å². The van der Waals surface area contributed by atoms with Gasteiger partial charge in [0.25, 0.3) is 0 Å². The molecule has 0 fully saturated rings. The summed E-state index contributed by atoms with van der Waals surface area (Å²) in [7, 11) is 1.54. The van der Waals surface area contributed by atoms with E-state index in [2.05, 4.69) is 18.2 Å². The van der Waals surface area contributed by atoms with Gasteiger partial charge in [-0.15, -0.1) is 0 Å². The Bertz CT molecular complexity index is 1000. The Morgan fingerprint density at radius 1 is 1.32 bits per heavy atom. The largest absolute Gasteiger partial charge is 0.497 e. The quantitative estimate of drug-likeness (QED) is 0.844. The molecule has 7 nitrogen and oxygen atoms in total. The predicted octanol–water partition coefficient (Wildman–Crippen LogP) is 1.97. The molecule has 2 N–H and O–H groups in total. The van der Waals surface area contributed by atoms with E-state index in [-0.39, 0.29) is 17.2 Å². The van der Waals surface area contributed by atoms with E-state index < -0.39 is 17.3 Å². The molecule has 7 heteroatoms. The number of fused-ring (bicyclic) bond motifs is 1. The number of methoxy groups -OCH3 is 1. The Labute approximate surface area is 163 Å². The highest BCUT2D eigenvalue weighted by atomic mass is 16.5. The molecule has 1 aromatic carbocycles. The summed E-state index contributed by atoms with van der Waals surface area (Å²) in [6.45, 7) is 2.13. The zero-order valence-electron chi connectivity index (χ0n) is 15.6. The topological polar surface area (TPSA) is 127 Å². The van der Waals surface area contributed by atoms with Crippen LogP contribution < -0.4 is 10.5 Å². The lowest BCUT2D eigenvalue weighted by atomic mass is 9.58. The smallest absolute Gasteiger partial charge is 0.219 e. The van der Waals surface area contributed by atoms with Crippen molar-refractivity contribution in [2.75, 3.05) is 20.2 Å². The van der Waals surface area contributed by atoms with Crippen molar-refractivity contribution >= 4 is 5.91 Å². The van der Waals surface area contributed by atoms with E-state index in [1.807, 2.05) is 6.07 Å². The first-order valence-corrected chi connectivity index (χ1v) is 8.76. The number of amides is 1. The van der Waals surface area contributed by atoms with Crippen LogP contribution in [0, 0.1) is 45.3 Å². The van der Waals surface area contributed by atoms with Crippen LogP contribution in [-0.4, -0.2) is 31.0 Å². The number of carbonyl (C=O) groups excluding carboxylic acids is 1. The van der Waals surface area contributed by atoms with Gasteiger partial charge in [0.2, 0.25) is 5.91 Å². The number of nitrogens with zero attached hydrogens (tertiary/aromatic N) is 4. The normalized spacial score (nSPS) is 22.8. The van der Waals surface area contributed by atoms with Crippen molar-refractivity contribution in [1.29, 1.82) is 15.8 Å². The fraction of sp³-hybridized carbons (Fsp3) is 0.333. The highest BCUT2D eigenvalue weighted by Gasteiger charge is 2.54. The average Bonchev–Trinajstić information content (AvgIpc) is 2.72. The van der Waals surface area contributed by atoms with Crippen LogP contribution in [0.1, 0.15) is 18.4 Å². The number of benzene rings is 1. The van der Waals surface area contributed by atoms with Crippen molar-refractivity contribution in [2.45, 2.75) is 12.8 Å². The molecule has 140 valence electrons. The van der Waals surface area contributed by atoms with Gasteiger partial charge in [-0.05, 0) is 23.3 Å². The first-order valence-electron chi connectivity index (χ1n) is 8.76. The van der Waals surface area contributed by atoms with Crippen molar-refractivity contribution < 1.29 is 9.53 Å². The van der Waals surface area contributed by atoms with E-state index in [1.54, 1.807) is 29.2 Å². The highest BCUT2D eigenvalue weighted by Crippen LogP contribution is 2.54. The lowest BCUT2D eigenvalue weighted by Gasteiger charge is -2.45. The molecule has 28 heavy (non-hydrogen) atoms. The van der Waals surface area contributed by atoms with Crippen molar-refractivity contribution in [2.24, 2.45) is 17.1 Å². The Hall–Kier alpha value is -3.76. The molecular weight excluding hydrogens is 354 g/mol. The van der Waals surface area contributed by atoms with Gasteiger partial charge in [-0.25, -0.2) is 0 Å². The molecule has 2 aliphatic rings. The SMILES string of the molecule is COc1cccc([C@@H]2[C@H]3CN(C(C)=O)CC=C3C(C#N)=C(N)C2(C#N)C#N)c1. The van der Waals surface area contributed by atoms with Crippen LogP contribution in [0.2, 0.25) is 0 Å². The number of allylic oxidation sites excluding steroid dienone is 2. The molecule has 3 rings (SSSR count). The Morgan fingerprint density at radius 3 is 2.61 bits per heavy atom. The number of hydrogen-bond donors (Lipinski definition) is 1. The van der Waals surface area contributed by atoms with E-state index >= 15 is 0 Å². The fourth-order valence-electron chi connectivity index (χ4n) is 4.15. The summed E-state index contributed by atoms with van der Waals surface area (Å²) in [6.07, 6.45) is 1.80. The molecule has 0 aromatic heterocycles. The number of rotatable bonds is 2. The maximum atomic E-state index is 12.0. The summed E-state index contributed by atoms with van der Waals surface area (Å²) in [5.41, 5.74) is 6.04. The van der Waals surface area contributed by atoms with Gasteiger partial charge in [-0.2, -0.15) is 15.8 Å². The third-order valence-electron chi connectivity index (χ3n) is 5.56. The van der Waals surface area contributed by atoms with Crippen LogP contribution >= 0.6 is 0 Å². The summed E-state index contributed by atoms with van der Waals surface area (Å²) in [6, 6.07) is 13.4. The lowest BCUT2D eigenvalue weighted by molar-refractivity contribution is -0.129. The van der Waals surface area contributed by atoms with Gasteiger partial charge in [-0.1, -0.05) is 18.2 Å². The molecule has 0 saturated heterocycles. The minimum absolute atomic E-state index is 0.0356. The molecule has 1 aliphatic heterocycles. The van der Waals surface area contributed by atoms with Gasteiger partial charge in [0.15, 0.2) is 5.41 Å². The second-order valence-electron chi connectivity index (χ2n) is 6.88. The minimum atomic E-state index is -1.72. The first-order chi connectivity index (χ1) is 13.4. The summed E-state index contributed by atoms with van der Waals surface area (Å²) in [5, 5.41) is 29.7. The Balaban J connectivity index is 2.31. The van der Waals surface area contributed by atoms with Crippen LogP contribution in [0.25, 0.3) is 0 Å². The van der Waals surface area contributed by atoms with Crippen LogP contribution in [0.15, 0.2) is 47.2 Å². The number of hydrogen-bond acceptors (Lipinski definition) is 6.